The summed E-state index contributed by atoms with van der Waals surface area (Å²) in [6.45, 7) is -0.250. The van der Waals surface area contributed by atoms with E-state index in [1.165, 1.54) is 0 Å². The van der Waals surface area contributed by atoms with E-state index in [0.717, 1.165) is 0 Å². The van der Waals surface area contributed by atoms with Gasteiger partial charge in [0.25, 0.3) is 11.6 Å². The van der Waals surface area contributed by atoms with Gasteiger partial charge in [-0.3, -0.25) is 13.9 Å². The Hall–Kier alpha value is -1.46. The molecule has 0 aromatic rings. The van der Waals surface area contributed by atoms with Crippen LogP contribution in [0.2, 0.25) is 0 Å². The predicted octanol–water partition coefficient (Wildman–Crippen LogP) is -1.30. The van der Waals surface area contributed by atoms with Gasteiger partial charge in [-0.05, 0) is 0 Å². The third-order valence-corrected chi connectivity index (χ3v) is 0. The van der Waals surface area contributed by atoms with Crippen molar-refractivity contribution < 1.29 is 37.7 Å². The number of rotatable bonds is 0. The topological polar surface area (TPSA) is 175 Å². The lowest BCUT2D eigenvalue weighted by Gasteiger charge is -1.68. The second-order valence-corrected chi connectivity index (χ2v) is 1.69. The van der Waals surface area contributed by atoms with Crippen molar-refractivity contribution in [3.8, 4) is 0 Å². The van der Waals surface area contributed by atoms with Crippen LogP contribution in [0.3, 0.4) is 0 Å². The molecule has 0 amide bonds. The zero-order valence-corrected chi connectivity index (χ0v) is 6.08. The van der Waals surface area contributed by atoms with Crippen LogP contribution < -0.4 is 0 Å². The molecule has 0 aliphatic rings. The van der Waals surface area contributed by atoms with Gasteiger partial charge in [0.05, 0.1) is 0 Å². The van der Waals surface area contributed by atoms with E-state index in [-0.39, 0.29) is 6.47 Å². The molecule has 0 unspecified atom stereocenters. The summed E-state index contributed by atoms with van der Waals surface area (Å²) in [5, 5.41) is 20.5. The van der Waals surface area contributed by atoms with Crippen LogP contribution in [-0.4, -0.2) is 39.4 Å². The summed E-state index contributed by atoms with van der Waals surface area (Å²) in [7, 11) is -4.67. The Labute approximate surface area is 65.7 Å². The van der Waals surface area contributed by atoms with E-state index in [0.29, 0.717) is 0 Å². The van der Waals surface area contributed by atoms with Crippen LogP contribution in [0.15, 0.2) is 0 Å². The molecule has 0 atom stereocenters. The van der Waals surface area contributed by atoms with Gasteiger partial charge in [0.1, 0.15) is 0 Å². The monoisotopic (exact) mass is 207 g/mol. The first-order chi connectivity index (χ1) is 5.15. The summed E-state index contributed by atoms with van der Waals surface area (Å²) in [6, 6.07) is 0. The van der Waals surface area contributed by atoms with E-state index in [1.54, 1.807) is 0 Å². The molecule has 0 aromatic heterocycles. The molecule has 11 heteroatoms. The normalized spacial score (nSPS) is 7.83. The molecule has 0 aliphatic heterocycles. The molecule has 0 saturated carbocycles. The van der Waals surface area contributed by atoms with Crippen LogP contribution >= 0.6 is 0 Å². The average Bonchev–Trinajstić information content (AvgIpc) is 1.56. The van der Waals surface area contributed by atoms with Crippen molar-refractivity contribution in [3.05, 3.63) is 10.1 Å². The van der Waals surface area contributed by atoms with Gasteiger partial charge in [0.2, 0.25) is 0 Å². The molecule has 10 nitrogen and oxygen atoms in total. The van der Waals surface area contributed by atoms with Gasteiger partial charge in [-0.15, -0.1) is 10.1 Å². The summed E-state index contributed by atoms with van der Waals surface area (Å²) in [4.78, 5) is 16.7. The Morgan fingerprint density at radius 1 is 1.33 bits per heavy atom. The van der Waals surface area contributed by atoms with E-state index in [4.69, 9.17) is 42.7 Å². The second kappa shape index (κ2) is 9.54. The molecule has 0 aromatic carbocycles. The lowest BCUT2D eigenvalue weighted by atomic mass is 11.7. The molecule has 0 rings (SSSR count). The SMILES string of the molecule is O=CO.O=S(=O)(O)O.O=[N+]([O-])O. The van der Waals surface area contributed by atoms with Crippen molar-refractivity contribution in [1.29, 1.82) is 0 Å². The van der Waals surface area contributed by atoms with Gasteiger partial charge >= 0.3 is 10.4 Å². The summed E-state index contributed by atoms with van der Waals surface area (Å²) < 4.78 is 31.6. The van der Waals surface area contributed by atoms with E-state index in [2.05, 4.69) is 0 Å². The molecule has 0 aliphatic carbocycles. The molecule has 0 heterocycles. The largest absolute Gasteiger partial charge is 0.483 e. The highest BCUT2D eigenvalue weighted by Gasteiger charge is 1.84. The summed E-state index contributed by atoms with van der Waals surface area (Å²) in [5.41, 5.74) is 0. The van der Waals surface area contributed by atoms with Crippen LogP contribution in [0.1, 0.15) is 0 Å². The van der Waals surface area contributed by atoms with Gasteiger partial charge in [-0.25, -0.2) is 0 Å². The van der Waals surface area contributed by atoms with E-state index < -0.39 is 15.5 Å². The maximum Gasteiger partial charge on any atom is 0.394 e. The Balaban J connectivity index is -0.000000105. The lowest BCUT2D eigenvalue weighted by Crippen LogP contribution is -1.89. The van der Waals surface area contributed by atoms with Gasteiger partial charge in [-0.1, -0.05) is 0 Å². The third kappa shape index (κ3) is 228. The maximum atomic E-state index is 8.74. The first kappa shape index (κ1) is 16.9. The van der Waals surface area contributed by atoms with Crippen molar-refractivity contribution in [3.63, 3.8) is 0 Å². The lowest BCUT2D eigenvalue weighted by molar-refractivity contribution is -0.742. The fourth-order valence-electron chi connectivity index (χ4n) is 0. The van der Waals surface area contributed by atoms with Crippen molar-refractivity contribution >= 4 is 16.9 Å². The number of carbonyl (C=O) groups is 1. The summed E-state index contributed by atoms with van der Waals surface area (Å²) in [5.74, 6) is 0. The quantitative estimate of drug-likeness (QED) is 0.163. The zero-order valence-electron chi connectivity index (χ0n) is 5.26. The molecule has 0 radical (unpaired) electrons. The molecule has 0 fully saturated rings. The predicted molar refractivity (Wildman–Crippen MR) is 31.7 cm³/mol. The number of hydrogen-bond acceptors (Lipinski definition) is 5. The highest BCUT2D eigenvalue weighted by atomic mass is 32.3. The van der Waals surface area contributed by atoms with Crippen LogP contribution in [-0.2, 0) is 15.2 Å². The molecule has 4 N–H and O–H groups in total. The van der Waals surface area contributed by atoms with E-state index >= 15 is 0 Å². The van der Waals surface area contributed by atoms with Crippen molar-refractivity contribution in [2.45, 2.75) is 0 Å². The minimum Gasteiger partial charge on any atom is -0.483 e. The van der Waals surface area contributed by atoms with Crippen LogP contribution in [0.25, 0.3) is 0 Å². The fourth-order valence-corrected chi connectivity index (χ4v) is 0. The minimum atomic E-state index is -4.67. The van der Waals surface area contributed by atoms with Crippen molar-refractivity contribution in [2.24, 2.45) is 0 Å². The number of hydrogen-bond donors (Lipinski definition) is 4. The summed E-state index contributed by atoms with van der Waals surface area (Å²) in [6.07, 6.45) is 0. The van der Waals surface area contributed by atoms with Crippen molar-refractivity contribution in [1.82, 2.24) is 0 Å². The third-order valence-electron chi connectivity index (χ3n) is 0. The first-order valence-electron chi connectivity index (χ1n) is 1.76. The van der Waals surface area contributed by atoms with E-state index in [9.17, 15) is 0 Å². The van der Waals surface area contributed by atoms with Crippen LogP contribution in [0.5, 0.6) is 0 Å². The van der Waals surface area contributed by atoms with Gasteiger partial charge < -0.3 is 10.3 Å². The standard InChI is InChI=1S/CH2O2.HNO3.H2O4S/c2-1-3;2-1(3)4;1-5(2,3)4/h1H,(H,2,3);(H,2,3,4);(H2,1,2,3,4). The highest BCUT2D eigenvalue weighted by Crippen LogP contribution is 1.59. The Kier molecular flexibility index (Phi) is 13.4. The van der Waals surface area contributed by atoms with Crippen LogP contribution in [0, 0.1) is 10.1 Å². The van der Waals surface area contributed by atoms with E-state index in [1.807, 2.05) is 0 Å². The van der Waals surface area contributed by atoms with Gasteiger partial charge in [0.15, 0.2) is 0 Å². The second-order valence-electron chi connectivity index (χ2n) is 0.791. The average molecular weight is 207 g/mol. The highest BCUT2D eigenvalue weighted by molar-refractivity contribution is 7.79. The Morgan fingerprint density at radius 2 is 1.33 bits per heavy atom. The molecular formula is CH5NO9S. The molecule has 0 saturated heterocycles. The van der Waals surface area contributed by atoms with Crippen molar-refractivity contribution in [2.75, 3.05) is 0 Å². The van der Waals surface area contributed by atoms with Gasteiger partial charge in [-0.2, -0.15) is 8.42 Å². The molecule has 0 bridgehead atoms. The summed E-state index contributed by atoms with van der Waals surface area (Å²) >= 11 is 0. The molecule has 0 spiro atoms. The smallest absolute Gasteiger partial charge is 0.394 e. The molecule has 12 heavy (non-hydrogen) atoms. The number of nitrogens with zero attached hydrogens (tertiary/aromatic N) is 1. The minimum absolute atomic E-state index is 0.250. The maximum absolute atomic E-state index is 8.74. The van der Waals surface area contributed by atoms with Gasteiger partial charge in [0, 0.05) is 0 Å². The van der Waals surface area contributed by atoms with Crippen LogP contribution in [0.4, 0.5) is 0 Å². The first-order valence-corrected chi connectivity index (χ1v) is 3.15. The molecule has 74 valence electrons. The number of carboxylic acid groups (broad SMARTS) is 1. The molecular weight excluding hydrogens is 202 g/mol. The fraction of sp³-hybridized carbons (Fsp3) is 0. The Bertz CT molecular complexity index is 191. The Morgan fingerprint density at radius 3 is 1.33 bits per heavy atom. The zero-order chi connectivity index (χ0) is 10.8.